The maximum atomic E-state index is 12.5. The molecule has 0 fully saturated rings. The number of carbonyl (C=O) groups excluding carboxylic acids is 2. The summed E-state index contributed by atoms with van der Waals surface area (Å²) < 4.78 is 11.5. The van der Waals surface area contributed by atoms with E-state index >= 15 is 0 Å². The third-order valence-corrected chi connectivity index (χ3v) is 3.29. The molecule has 6 nitrogen and oxygen atoms in total. The molecule has 1 heterocycles. The van der Waals surface area contributed by atoms with Gasteiger partial charge in [-0.3, -0.25) is 9.59 Å². The van der Waals surface area contributed by atoms with E-state index in [4.69, 9.17) is 9.47 Å². The van der Waals surface area contributed by atoms with Crippen molar-refractivity contribution in [2.24, 2.45) is 0 Å². The summed E-state index contributed by atoms with van der Waals surface area (Å²) in [7, 11) is 1.58. The minimum absolute atomic E-state index is 0.00869. The van der Waals surface area contributed by atoms with Gasteiger partial charge in [-0.25, -0.2) is 0 Å². The molecule has 0 saturated carbocycles. The molecule has 1 N–H and O–H groups in total. The Kier molecular flexibility index (Phi) is 4.90. The van der Waals surface area contributed by atoms with Gasteiger partial charge in [-0.15, -0.1) is 0 Å². The number of hydrogen-bond donors (Lipinski definition) is 1. The van der Waals surface area contributed by atoms with Gasteiger partial charge in [0.1, 0.15) is 6.10 Å². The van der Waals surface area contributed by atoms with Crippen LogP contribution in [0, 0.1) is 0 Å². The first-order valence-electron chi connectivity index (χ1n) is 7.35. The van der Waals surface area contributed by atoms with E-state index in [1.54, 1.807) is 26.1 Å². The standard InChI is InChI=1S/C16H22N2O4/c1-10(2)17-14(19)9-18(4)16(20)15-11(3)21-12-7-5-6-8-13(12)22-15/h5-8,10-11,15H,9H2,1-4H3,(H,17,19). The molecule has 0 radical (unpaired) electrons. The maximum absolute atomic E-state index is 12.5. The zero-order valence-corrected chi connectivity index (χ0v) is 13.3. The normalized spacial score (nSPS) is 19.7. The van der Waals surface area contributed by atoms with Crippen molar-refractivity contribution in [3.05, 3.63) is 24.3 Å². The molecule has 120 valence electrons. The zero-order valence-electron chi connectivity index (χ0n) is 13.3. The van der Waals surface area contributed by atoms with Crippen molar-refractivity contribution in [3.63, 3.8) is 0 Å². The smallest absolute Gasteiger partial charge is 0.267 e. The van der Waals surface area contributed by atoms with Crippen LogP contribution in [0.25, 0.3) is 0 Å². The maximum Gasteiger partial charge on any atom is 0.267 e. The molecular formula is C16H22N2O4. The fourth-order valence-electron chi connectivity index (χ4n) is 2.27. The number of nitrogens with zero attached hydrogens (tertiary/aromatic N) is 1. The Morgan fingerprint density at radius 1 is 1.23 bits per heavy atom. The number of hydrogen-bond acceptors (Lipinski definition) is 4. The van der Waals surface area contributed by atoms with Gasteiger partial charge in [0.05, 0.1) is 6.54 Å². The highest BCUT2D eigenvalue weighted by atomic mass is 16.6. The first-order valence-corrected chi connectivity index (χ1v) is 7.35. The van der Waals surface area contributed by atoms with E-state index in [1.807, 2.05) is 26.0 Å². The highest BCUT2D eigenvalue weighted by molar-refractivity contribution is 5.87. The lowest BCUT2D eigenvalue weighted by molar-refractivity contribution is -0.145. The predicted octanol–water partition coefficient (Wildman–Crippen LogP) is 1.20. The Labute approximate surface area is 130 Å². The lowest BCUT2D eigenvalue weighted by atomic mass is 10.1. The second-order valence-electron chi connectivity index (χ2n) is 5.72. The zero-order chi connectivity index (χ0) is 16.3. The van der Waals surface area contributed by atoms with Crippen LogP contribution in [0.5, 0.6) is 11.5 Å². The van der Waals surface area contributed by atoms with Crippen LogP contribution in [-0.4, -0.2) is 48.6 Å². The molecule has 0 bridgehead atoms. The highest BCUT2D eigenvalue weighted by Gasteiger charge is 2.36. The molecule has 1 aromatic carbocycles. The van der Waals surface area contributed by atoms with Crippen molar-refractivity contribution < 1.29 is 19.1 Å². The van der Waals surface area contributed by atoms with Crippen molar-refractivity contribution in [2.75, 3.05) is 13.6 Å². The van der Waals surface area contributed by atoms with Crippen molar-refractivity contribution in [3.8, 4) is 11.5 Å². The summed E-state index contributed by atoms with van der Waals surface area (Å²) in [6.07, 6.45) is -1.18. The van der Waals surface area contributed by atoms with Crippen LogP contribution in [0.1, 0.15) is 20.8 Å². The van der Waals surface area contributed by atoms with Crippen molar-refractivity contribution >= 4 is 11.8 Å². The van der Waals surface area contributed by atoms with E-state index < -0.39 is 12.2 Å². The summed E-state index contributed by atoms with van der Waals surface area (Å²) in [5.74, 6) is 0.690. The average Bonchev–Trinajstić information content (AvgIpc) is 2.44. The Morgan fingerprint density at radius 2 is 1.82 bits per heavy atom. The van der Waals surface area contributed by atoms with Gasteiger partial charge in [-0.05, 0) is 32.9 Å². The van der Waals surface area contributed by atoms with E-state index in [9.17, 15) is 9.59 Å². The largest absolute Gasteiger partial charge is 0.482 e. The van der Waals surface area contributed by atoms with E-state index in [0.29, 0.717) is 11.5 Å². The summed E-state index contributed by atoms with van der Waals surface area (Å²) in [6, 6.07) is 7.26. The topological polar surface area (TPSA) is 67.9 Å². The number of rotatable bonds is 4. The van der Waals surface area contributed by atoms with Crippen molar-refractivity contribution in [1.82, 2.24) is 10.2 Å². The quantitative estimate of drug-likeness (QED) is 0.907. The minimum Gasteiger partial charge on any atom is -0.482 e. The lowest BCUT2D eigenvalue weighted by Gasteiger charge is -2.33. The number of fused-ring (bicyclic) bond motifs is 1. The van der Waals surface area contributed by atoms with Crippen LogP contribution < -0.4 is 14.8 Å². The Balaban J connectivity index is 2.02. The van der Waals surface area contributed by atoms with E-state index in [-0.39, 0.29) is 24.4 Å². The van der Waals surface area contributed by atoms with Crippen LogP contribution in [0.4, 0.5) is 0 Å². The molecule has 2 rings (SSSR count). The van der Waals surface area contributed by atoms with Gasteiger partial charge in [0.25, 0.3) is 5.91 Å². The number of carbonyl (C=O) groups is 2. The molecule has 0 saturated heterocycles. The number of amides is 2. The monoisotopic (exact) mass is 306 g/mol. The molecule has 2 unspecified atom stereocenters. The third-order valence-electron chi connectivity index (χ3n) is 3.29. The van der Waals surface area contributed by atoms with E-state index in [2.05, 4.69) is 5.32 Å². The van der Waals surface area contributed by atoms with Gasteiger partial charge in [0.2, 0.25) is 12.0 Å². The lowest BCUT2D eigenvalue weighted by Crippen LogP contribution is -2.51. The van der Waals surface area contributed by atoms with Gasteiger partial charge in [-0.1, -0.05) is 12.1 Å². The number of ether oxygens (including phenoxy) is 2. The van der Waals surface area contributed by atoms with Crippen LogP contribution in [-0.2, 0) is 9.59 Å². The fraction of sp³-hybridized carbons (Fsp3) is 0.500. The summed E-state index contributed by atoms with van der Waals surface area (Å²) >= 11 is 0. The molecule has 1 aliphatic heterocycles. The van der Waals surface area contributed by atoms with Gasteiger partial charge in [-0.2, -0.15) is 0 Å². The summed E-state index contributed by atoms with van der Waals surface area (Å²) in [5.41, 5.74) is 0. The molecule has 6 heteroatoms. The van der Waals surface area contributed by atoms with Crippen molar-refractivity contribution in [1.29, 1.82) is 0 Å². The molecule has 0 aromatic heterocycles. The molecule has 0 spiro atoms. The van der Waals surface area contributed by atoms with Gasteiger partial charge in [0, 0.05) is 13.1 Å². The van der Waals surface area contributed by atoms with Crippen LogP contribution in [0.15, 0.2) is 24.3 Å². The number of likely N-dealkylation sites (N-methyl/N-ethyl adjacent to an activating group) is 1. The number of benzene rings is 1. The first-order chi connectivity index (χ1) is 10.4. The molecule has 0 aliphatic carbocycles. The van der Waals surface area contributed by atoms with Crippen LogP contribution in [0.3, 0.4) is 0 Å². The minimum atomic E-state index is -0.758. The summed E-state index contributed by atoms with van der Waals surface area (Å²) in [5, 5.41) is 2.75. The van der Waals surface area contributed by atoms with E-state index in [0.717, 1.165) is 0 Å². The van der Waals surface area contributed by atoms with E-state index in [1.165, 1.54) is 4.90 Å². The predicted molar refractivity (Wildman–Crippen MR) is 81.9 cm³/mol. The molecule has 1 aliphatic rings. The van der Waals surface area contributed by atoms with Gasteiger partial charge < -0.3 is 19.7 Å². The molecular weight excluding hydrogens is 284 g/mol. The van der Waals surface area contributed by atoms with Crippen LogP contribution >= 0.6 is 0 Å². The summed E-state index contributed by atoms with van der Waals surface area (Å²) in [4.78, 5) is 25.6. The third kappa shape index (κ3) is 3.69. The SMILES string of the molecule is CC(C)NC(=O)CN(C)C(=O)C1Oc2ccccc2OC1C. The molecule has 2 amide bonds. The van der Waals surface area contributed by atoms with Gasteiger partial charge >= 0.3 is 0 Å². The first kappa shape index (κ1) is 16.1. The second-order valence-corrected chi connectivity index (χ2v) is 5.72. The van der Waals surface area contributed by atoms with Crippen molar-refractivity contribution in [2.45, 2.75) is 39.0 Å². The Morgan fingerprint density at radius 3 is 2.41 bits per heavy atom. The fourth-order valence-corrected chi connectivity index (χ4v) is 2.27. The van der Waals surface area contributed by atoms with Crippen LogP contribution in [0.2, 0.25) is 0 Å². The molecule has 2 atom stereocenters. The molecule has 1 aromatic rings. The highest BCUT2D eigenvalue weighted by Crippen LogP contribution is 2.33. The Hall–Kier alpha value is -2.24. The average molecular weight is 306 g/mol. The number of nitrogens with one attached hydrogen (secondary N) is 1. The van der Waals surface area contributed by atoms with Gasteiger partial charge in [0.15, 0.2) is 11.5 Å². The summed E-state index contributed by atoms with van der Waals surface area (Å²) in [6.45, 7) is 5.51. The Bertz CT molecular complexity index is 559. The number of para-hydroxylation sites is 2. The second kappa shape index (κ2) is 6.68. The molecule has 22 heavy (non-hydrogen) atoms.